The van der Waals surface area contributed by atoms with E-state index in [1.54, 1.807) is 7.11 Å². The van der Waals surface area contributed by atoms with Crippen molar-refractivity contribution in [2.24, 2.45) is 5.92 Å². The Bertz CT molecular complexity index is 526. The molecule has 134 valence electrons. The van der Waals surface area contributed by atoms with E-state index >= 15 is 0 Å². The number of methoxy groups -OCH3 is 1. The number of amides is 1. The SMILES string of the molecule is CCN(CC)CCOc1cc(NC(=O)C2CCNC2)ccc1OC. The number of carbonyl (C=O) groups excluding carboxylic acids is 1. The number of hydrogen-bond donors (Lipinski definition) is 2. The number of likely N-dealkylation sites (N-methyl/N-ethyl adjacent to an activating group) is 1. The van der Waals surface area contributed by atoms with Gasteiger partial charge in [-0.2, -0.15) is 0 Å². The fourth-order valence-electron chi connectivity index (χ4n) is 2.81. The van der Waals surface area contributed by atoms with Gasteiger partial charge in [-0.3, -0.25) is 4.79 Å². The van der Waals surface area contributed by atoms with E-state index in [1.165, 1.54) is 0 Å². The lowest BCUT2D eigenvalue weighted by atomic mass is 10.1. The summed E-state index contributed by atoms with van der Waals surface area (Å²) in [5.41, 5.74) is 0.741. The summed E-state index contributed by atoms with van der Waals surface area (Å²) in [6.45, 7) is 9.37. The summed E-state index contributed by atoms with van der Waals surface area (Å²) in [4.78, 5) is 14.5. The van der Waals surface area contributed by atoms with Crippen LogP contribution in [-0.4, -0.2) is 57.2 Å². The van der Waals surface area contributed by atoms with Crippen molar-refractivity contribution in [3.63, 3.8) is 0 Å². The highest BCUT2D eigenvalue weighted by atomic mass is 16.5. The van der Waals surface area contributed by atoms with Crippen LogP contribution in [0.15, 0.2) is 18.2 Å². The van der Waals surface area contributed by atoms with Crippen molar-refractivity contribution in [2.45, 2.75) is 20.3 Å². The minimum atomic E-state index is 0.0409. The van der Waals surface area contributed by atoms with E-state index in [9.17, 15) is 4.79 Å². The summed E-state index contributed by atoms with van der Waals surface area (Å²) < 4.78 is 11.2. The highest BCUT2D eigenvalue weighted by Crippen LogP contribution is 2.30. The van der Waals surface area contributed by atoms with E-state index in [4.69, 9.17) is 9.47 Å². The topological polar surface area (TPSA) is 62.8 Å². The first-order valence-corrected chi connectivity index (χ1v) is 8.72. The van der Waals surface area contributed by atoms with Crippen molar-refractivity contribution in [1.29, 1.82) is 0 Å². The monoisotopic (exact) mass is 335 g/mol. The molecule has 6 heteroatoms. The maximum Gasteiger partial charge on any atom is 0.228 e. The van der Waals surface area contributed by atoms with Gasteiger partial charge >= 0.3 is 0 Å². The van der Waals surface area contributed by atoms with E-state index < -0.39 is 0 Å². The minimum absolute atomic E-state index is 0.0409. The Morgan fingerprint density at radius 1 is 1.33 bits per heavy atom. The van der Waals surface area contributed by atoms with Crippen molar-refractivity contribution < 1.29 is 14.3 Å². The Kier molecular flexibility index (Phi) is 7.34. The van der Waals surface area contributed by atoms with Gasteiger partial charge in [-0.1, -0.05) is 13.8 Å². The van der Waals surface area contributed by atoms with Crippen molar-refractivity contribution in [3.8, 4) is 11.5 Å². The summed E-state index contributed by atoms with van der Waals surface area (Å²) in [5, 5.41) is 6.18. The largest absolute Gasteiger partial charge is 0.493 e. The molecule has 2 rings (SSSR count). The zero-order chi connectivity index (χ0) is 17.4. The second-order valence-corrected chi connectivity index (χ2v) is 5.92. The Labute approximate surface area is 144 Å². The maximum absolute atomic E-state index is 12.2. The van der Waals surface area contributed by atoms with E-state index in [1.807, 2.05) is 18.2 Å². The fourth-order valence-corrected chi connectivity index (χ4v) is 2.81. The average molecular weight is 335 g/mol. The second-order valence-electron chi connectivity index (χ2n) is 5.92. The molecule has 0 bridgehead atoms. The lowest BCUT2D eigenvalue weighted by Gasteiger charge is -2.19. The van der Waals surface area contributed by atoms with Gasteiger partial charge in [-0.15, -0.1) is 0 Å². The first-order chi connectivity index (χ1) is 11.7. The molecule has 1 aromatic carbocycles. The van der Waals surface area contributed by atoms with Crippen LogP contribution >= 0.6 is 0 Å². The van der Waals surface area contributed by atoms with Crippen LogP contribution in [0, 0.1) is 5.92 Å². The molecule has 0 saturated carbocycles. The third-order valence-corrected chi connectivity index (χ3v) is 4.42. The predicted octanol–water partition coefficient (Wildman–Crippen LogP) is 1.96. The smallest absolute Gasteiger partial charge is 0.228 e. The third-order valence-electron chi connectivity index (χ3n) is 4.42. The Hall–Kier alpha value is -1.79. The summed E-state index contributed by atoms with van der Waals surface area (Å²) >= 11 is 0. The highest BCUT2D eigenvalue weighted by molar-refractivity contribution is 5.93. The molecular weight excluding hydrogens is 306 g/mol. The van der Waals surface area contributed by atoms with Crippen LogP contribution in [-0.2, 0) is 4.79 Å². The molecule has 2 N–H and O–H groups in total. The number of nitrogens with zero attached hydrogens (tertiary/aromatic N) is 1. The normalized spacial score (nSPS) is 17.1. The molecule has 6 nitrogen and oxygen atoms in total. The lowest BCUT2D eigenvalue weighted by molar-refractivity contribution is -0.119. The Morgan fingerprint density at radius 3 is 2.75 bits per heavy atom. The molecular formula is C18H29N3O3. The van der Waals surface area contributed by atoms with Crippen molar-refractivity contribution in [2.75, 3.05) is 51.8 Å². The second kappa shape index (κ2) is 9.49. The fraction of sp³-hybridized carbons (Fsp3) is 0.611. The van der Waals surface area contributed by atoms with E-state index in [0.29, 0.717) is 18.1 Å². The van der Waals surface area contributed by atoms with Gasteiger partial charge in [-0.05, 0) is 38.2 Å². The van der Waals surface area contributed by atoms with Gasteiger partial charge in [0.1, 0.15) is 6.61 Å². The molecule has 1 amide bonds. The molecule has 0 radical (unpaired) electrons. The molecule has 1 heterocycles. The van der Waals surface area contributed by atoms with Crippen LogP contribution in [0.2, 0.25) is 0 Å². The number of rotatable bonds is 9. The van der Waals surface area contributed by atoms with Gasteiger partial charge in [-0.25, -0.2) is 0 Å². The molecule has 0 aromatic heterocycles. The van der Waals surface area contributed by atoms with Gasteiger partial charge in [0, 0.05) is 24.8 Å². The first kappa shape index (κ1) is 18.5. The molecule has 24 heavy (non-hydrogen) atoms. The van der Waals surface area contributed by atoms with Crippen molar-refractivity contribution >= 4 is 11.6 Å². The minimum Gasteiger partial charge on any atom is -0.493 e. The van der Waals surface area contributed by atoms with E-state index in [-0.39, 0.29) is 11.8 Å². The van der Waals surface area contributed by atoms with Gasteiger partial charge in [0.25, 0.3) is 0 Å². The van der Waals surface area contributed by atoms with Crippen LogP contribution in [0.1, 0.15) is 20.3 Å². The predicted molar refractivity (Wildman–Crippen MR) is 95.9 cm³/mol. The molecule has 0 spiro atoms. The van der Waals surface area contributed by atoms with Gasteiger partial charge in [0.05, 0.1) is 13.0 Å². The van der Waals surface area contributed by atoms with Gasteiger partial charge in [0.2, 0.25) is 5.91 Å². The number of carbonyl (C=O) groups is 1. The Morgan fingerprint density at radius 2 is 2.12 bits per heavy atom. The van der Waals surface area contributed by atoms with Crippen LogP contribution in [0.4, 0.5) is 5.69 Å². The summed E-state index contributed by atoms with van der Waals surface area (Å²) in [6.07, 6.45) is 0.884. The van der Waals surface area contributed by atoms with Crippen LogP contribution in [0.3, 0.4) is 0 Å². The van der Waals surface area contributed by atoms with Crippen molar-refractivity contribution in [3.05, 3.63) is 18.2 Å². The van der Waals surface area contributed by atoms with Crippen LogP contribution in [0.5, 0.6) is 11.5 Å². The van der Waals surface area contributed by atoms with E-state index in [2.05, 4.69) is 29.4 Å². The molecule has 0 aliphatic carbocycles. The molecule has 1 saturated heterocycles. The standard InChI is InChI=1S/C18H29N3O3/c1-4-21(5-2)10-11-24-17-12-15(6-7-16(17)23-3)20-18(22)14-8-9-19-13-14/h6-7,12,14,19H,4-5,8-11,13H2,1-3H3,(H,20,22). The third kappa shape index (κ3) is 5.11. The van der Waals surface area contributed by atoms with Crippen LogP contribution < -0.4 is 20.1 Å². The zero-order valence-corrected chi connectivity index (χ0v) is 14.9. The number of anilines is 1. The summed E-state index contributed by atoms with van der Waals surface area (Å²) in [6, 6.07) is 5.51. The number of nitrogens with one attached hydrogen (secondary N) is 2. The van der Waals surface area contributed by atoms with Crippen molar-refractivity contribution in [1.82, 2.24) is 10.2 Å². The molecule has 1 unspecified atom stereocenters. The van der Waals surface area contributed by atoms with E-state index in [0.717, 1.165) is 44.8 Å². The van der Waals surface area contributed by atoms with Gasteiger partial charge < -0.3 is 25.0 Å². The number of hydrogen-bond acceptors (Lipinski definition) is 5. The molecule has 1 aliphatic rings. The molecule has 1 aliphatic heterocycles. The van der Waals surface area contributed by atoms with Crippen LogP contribution in [0.25, 0.3) is 0 Å². The highest BCUT2D eigenvalue weighted by Gasteiger charge is 2.22. The summed E-state index contributed by atoms with van der Waals surface area (Å²) in [7, 11) is 1.62. The molecule has 1 atom stereocenters. The zero-order valence-electron chi connectivity index (χ0n) is 14.9. The average Bonchev–Trinajstić information content (AvgIpc) is 3.14. The maximum atomic E-state index is 12.2. The van der Waals surface area contributed by atoms with Gasteiger partial charge in [0.15, 0.2) is 11.5 Å². The Balaban J connectivity index is 1.97. The molecule has 1 aromatic rings. The first-order valence-electron chi connectivity index (χ1n) is 8.72. The number of ether oxygens (including phenoxy) is 2. The quantitative estimate of drug-likeness (QED) is 0.722. The summed E-state index contributed by atoms with van der Waals surface area (Å²) in [5.74, 6) is 1.43. The number of benzene rings is 1. The lowest BCUT2D eigenvalue weighted by Crippen LogP contribution is -2.28. The molecule has 1 fully saturated rings.